The zero-order valence-electron chi connectivity index (χ0n) is 14.4. The third-order valence-corrected chi connectivity index (χ3v) is 5.50. The van der Waals surface area contributed by atoms with E-state index in [4.69, 9.17) is 0 Å². The summed E-state index contributed by atoms with van der Waals surface area (Å²) < 4.78 is 2.07. The minimum Gasteiger partial charge on any atom is -0.390 e. The van der Waals surface area contributed by atoms with Gasteiger partial charge in [-0.2, -0.15) is 5.10 Å². The van der Waals surface area contributed by atoms with Crippen molar-refractivity contribution >= 4 is 5.69 Å². The summed E-state index contributed by atoms with van der Waals surface area (Å²) in [5.41, 5.74) is 4.79. The Morgan fingerprint density at radius 3 is 2.79 bits per heavy atom. The number of aliphatic hydroxyl groups excluding tert-OH is 1. The van der Waals surface area contributed by atoms with Crippen molar-refractivity contribution in [3.8, 4) is 0 Å². The maximum absolute atomic E-state index is 9.64. The van der Waals surface area contributed by atoms with Crippen LogP contribution in [0.15, 0.2) is 30.3 Å². The molecule has 1 fully saturated rings. The molecule has 1 aromatic heterocycles. The first kappa shape index (κ1) is 15.7. The van der Waals surface area contributed by atoms with Gasteiger partial charge < -0.3 is 10.0 Å². The number of rotatable bonds is 4. The molecule has 0 aliphatic carbocycles. The van der Waals surface area contributed by atoms with Crippen LogP contribution in [-0.2, 0) is 26.1 Å². The molecule has 2 aliphatic heterocycles. The van der Waals surface area contributed by atoms with Crippen molar-refractivity contribution in [3.63, 3.8) is 0 Å². The maximum atomic E-state index is 9.64. The first-order chi connectivity index (χ1) is 11.8. The molecule has 0 unspecified atom stereocenters. The molecule has 2 aliphatic rings. The molecule has 128 valence electrons. The highest BCUT2D eigenvalue weighted by atomic mass is 16.3. The van der Waals surface area contributed by atoms with Crippen LogP contribution in [0.1, 0.15) is 30.3 Å². The van der Waals surface area contributed by atoms with E-state index in [9.17, 15) is 5.11 Å². The van der Waals surface area contributed by atoms with Crippen LogP contribution in [0.4, 0.5) is 5.69 Å². The average molecular weight is 326 g/mol. The molecule has 0 amide bonds. The Kier molecular flexibility index (Phi) is 4.29. The van der Waals surface area contributed by atoms with Crippen LogP contribution < -0.4 is 4.90 Å². The lowest BCUT2D eigenvalue weighted by Gasteiger charge is -2.33. The molecule has 24 heavy (non-hydrogen) atoms. The van der Waals surface area contributed by atoms with Crippen molar-refractivity contribution in [2.75, 3.05) is 24.5 Å². The topological polar surface area (TPSA) is 44.5 Å². The minimum atomic E-state index is 0.0456. The van der Waals surface area contributed by atoms with Gasteiger partial charge in [0.1, 0.15) is 0 Å². The van der Waals surface area contributed by atoms with Crippen LogP contribution in [0.5, 0.6) is 0 Å². The van der Waals surface area contributed by atoms with Gasteiger partial charge in [0, 0.05) is 62.1 Å². The molecule has 4 rings (SSSR count). The fourth-order valence-electron chi connectivity index (χ4n) is 4.20. The number of hydrogen-bond acceptors (Lipinski definition) is 4. The smallest absolute Gasteiger partial charge is 0.0926 e. The average Bonchev–Trinajstić information content (AvgIpc) is 3.26. The SMILES string of the molecule is CCn1nc(CO)c2c1CCN([C@@H]1CCN(c3ccccc3)C1)C2. The van der Waals surface area contributed by atoms with Gasteiger partial charge in [-0.25, -0.2) is 0 Å². The number of fused-ring (bicyclic) bond motifs is 1. The monoisotopic (exact) mass is 326 g/mol. The van der Waals surface area contributed by atoms with Crippen LogP contribution in [0.2, 0.25) is 0 Å². The predicted molar refractivity (Wildman–Crippen MR) is 95.0 cm³/mol. The van der Waals surface area contributed by atoms with E-state index in [1.807, 2.05) is 0 Å². The minimum absolute atomic E-state index is 0.0456. The summed E-state index contributed by atoms with van der Waals surface area (Å²) in [6, 6.07) is 11.3. The summed E-state index contributed by atoms with van der Waals surface area (Å²) in [5, 5.41) is 14.2. The molecule has 5 heteroatoms. The van der Waals surface area contributed by atoms with E-state index in [1.54, 1.807) is 0 Å². The maximum Gasteiger partial charge on any atom is 0.0926 e. The molecule has 1 saturated heterocycles. The third kappa shape index (κ3) is 2.72. The summed E-state index contributed by atoms with van der Waals surface area (Å²) >= 11 is 0. The number of aryl methyl sites for hydroxylation is 1. The number of hydrogen-bond donors (Lipinski definition) is 1. The standard InChI is InChI=1S/C19H26N4O/c1-2-23-19-9-11-22(13-17(19)18(14-24)20-23)16-8-10-21(12-16)15-6-4-3-5-7-15/h3-7,16,24H,2,8-14H2,1H3/t16-/m1/s1. The molecule has 5 nitrogen and oxygen atoms in total. The van der Waals surface area contributed by atoms with Gasteiger partial charge in [0.25, 0.3) is 0 Å². The summed E-state index contributed by atoms with van der Waals surface area (Å²) in [4.78, 5) is 5.08. The molecule has 1 N–H and O–H groups in total. The van der Waals surface area contributed by atoms with Gasteiger partial charge in [-0.05, 0) is 25.5 Å². The lowest BCUT2D eigenvalue weighted by Crippen LogP contribution is -2.41. The molecule has 0 spiro atoms. The molecule has 3 heterocycles. The number of nitrogens with zero attached hydrogens (tertiary/aromatic N) is 4. The molecular formula is C19H26N4O. The Morgan fingerprint density at radius 2 is 2.04 bits per heavy atom. The Labute approximate surface area is 143 Å². The molecule has 0 saturated carbocycles. The van der Waals surface area contributed by atoms with E-state index >= 15 is 0 Å². The van der Waals surface area contributed by atoms with E-state index in [2.05, 4.69) is 56.8 Å². The largest absolute Gasteiger partial charge is 0.390 e. The van der Waals surface area contributed by atoms with Crippen molar-refractivity contribution in [1.29, 1.82) is 0 Å². The summed E-state index contributed by atoms with van der Waals surface area (Å²) in [7, 11) is 0. The van der Waals surface area contributed by atoms with E-state index in [-0.39, 0.29) is 6.61 Å². The second-order valence-electron chi connectivity index (χ2n) is 6.79. The summed E-state index contributed by atoms with van der Waals surface area (Å²) in [5.74, 6) is 0. The van der Waals surface area contributed by atoms with Crippen molar-refractivity contribution < 1.29 is 5.11 Å². The van der Waals surface area contributed by atoms with Crippen LogP contribution >= 0.6 is 0 Å². The second-order valence-corrected chi connectivity index (χ2v) is 6.79. The highest BCUT2D eigenvalue weighted by molar-refractivity contribution is 5.47. The van der Waals surface area contributed by atoms with Crippen molar-refractivity contribution in [2.24, 2.45) is 0 Å². The van der Waals surface area contributed by atoms with Crippen molar-refractivity contribution in [2.45, 2.75) is 45.5 Å². The van der Waals surface area contributed by atoms with Crippen molar-refractivity contribution in [1.82, 2.24) is 14.7 Å². The van der Waals surface area contributed by atoms with Gasteiger partial charge in [-0.15, -0.1) is 0 Å². The Bertz CT molecular complexity index is 697. The molecule has 0 radical (unpaired) electrons. The number of benzene rings is 1. The van der Waals surface area contributed by atoms with Crippen LogP contribution in [-0.4, -0.2) is 45.5 Å². The zero-order valence-corrected chi connectivity index (χ0v) is 14.4. The number of aliphatic hydroxyl groups is 1. The van der Waals surface area contributed by atoms with Gasteiger partial charge in [0.2, 0.25) is 0 Å². The fraction of sp³-hybridized carbons (Fsp3) is 0.526. The van der Waals surface area contributed by atoms with Gasteiger partial charge in [0.15, 0.2) is 0 Å². The van der Waals surface area contributed by atoms with Crippen molar-refractivity contribution in [3.05, 3.63) is 47.3 Å². The number of anilines is 1. The summed E-state index contributed by atoms with van der Waals surface area (Å²) in [6.07, 6.45) is 2.25. The van der Waals surface area contributed by atoms with E-state index < -0.39 is 0 Å². The molecule has 2 aromatic rings. The lowest BCUT2D eigenvalue weighted by molar-refractivity contribution is 0.187. The second kappa shape index (κ2) is 6.57. The zero-order chi connectivity index (χ0) is 16.5. The molecule has 0 bridgehead atoms. The Hall–Kier alpha value is -1.85. The first-order valence-corrected chi connectivity index (χ1v) is 9.02. The van der Waals surface area contributed by atoms with Crippen LogP contribution in [0.3, 0.4) is 0 Å². The van der Waals surface area contributed by atoms with Crippen LogP contribution in [0.25, 0.3) is 0 Å². The van der Waals surface area contributed by atoms with Gasteiger partial charge in [-0.1, -0.05) is 18.2 Å². The molecule has 1 atom stereocenters. The van der Waals surface area contributed by atoms with Gasteiger partial charge in [0.05, 0.1) is 12.3 Å². The van der Waals surface area contributed by atoms with Gasteiger partial charge >= 0.3 is 0 Å². The van der Waals surface area contributed by atoms with Gasteiger partial charge in [-0.3, -0.25) is 9.58 Å². The quantitative estimate of drug-likeness (QED) is 0.934. The fourth-order valence-corrected chi connectivity index (χ4v) is 4.20. The third-order valence-electron chi connectivity index (χ3n) is 5.50. The lowest BCUT2D eigenvalue weighted by atomic mass is 10.0. The molecule has 1 aromatic carbocycles. The highest BCUT2D eigenvalue weighted by Crippen LogP contribution is 2.28. The number of para-hydroxylation sites is 1. The van der Waals surface area contributed by atoms with E-state index in [1.165, 1.54) is 23.4 Å². The molecular weight excluding hydrogens is 300 g/mol. The first-order valence-electron chi connectivity index (χ1n) is 9.02. The highest BCUT2D eigenvalue weighted by Gasteiger charge is 2.32. The Balaban J connectivity index is 1.48. The van der Waals surface area contributed by atoms with E-state index in [0.717, 1.165) is 44.8 Å². The normalized spacial score (nSPS) is 21.2. The van der Waals surface area contributed by atoms with Crippen LogP contribution in [0, 0.1) is 0 Å². The number of aromatic nitrogens is 2. The Morgan fingerprint density at radius 1 is 1.21 bits per heavy atom. The predicted octanol–water partition coefficient (Wildman–Crippen LogP) is 2.03. The summed E-state index contributed by atoms with van der Waals surface area (Å²) in [6.45, 7) is 7.29. The van der Waals surface area contributed by atoms with E-state index in [0.29, 0.717) is 6.04 Å².